The quantitative estimate of drug-likeness (QED) is 0.910. The van der Waals surface area contributed by atoms with Crippen LogP contribution in [0.15, 0.2) is 42.7 Å². The van der Waals surface area contributed by atoms with Gasteiger partial charge in [-0.15, -0.1) is 0 Å². The van der Waals surface area contributed by atoms with Crippen LogP contribution in [0.1, 0.15) is 19.4 Å². The van der Waals surface area contributed by atoms with Gasteiger partial charge in [-0.05, 0) is 29.7 Å². The van der Waals surface area contributed by atoms with Gasteiger partial charge in [-0.3, -0.25) is 10.00 Å². The second kappa shape index (κ2) is 6.75. The first kappa shape index (κ1) is 14.1. The van der Waals surface area contributed by atoms with E-state index < -0.39 is 6.09 Å². The highest BCUT2D eigenvalue weighted by atomic mass is 16.5. The first-order valence-corrected chi connectivity index (χ1v) is 6.63. The molecule has 0 radical (unpaired) electrons. The zero-order valence-electron chi connectivity index (χ0n) is 11.7. The minimum absolute atomic E-state index is 0.326. The van der Waals surface area contributed by atoms with E-state index in [1.807, 2.05) is 55.1 Å². The number of benzene rings is 1. The second-order valence-electron chi connectivity index (χ2n) is 5.02. The van der Waals surface area contributed by atoms with E-state index >= 15 is 0 Å². The summed E-state index contributed by atoms with van der Waals surface area (Å²) in [5.41, 5.74) is 1.79. The van der Waals surface area contributed by atoms with Crippen LogP contribution in [0.25, 0.3) is 0 Å². The average Bonchev–Trinajstić information content (AvgIpc) is 2.89. The highest BCUT2D eigenvalue weighted by Crippen LogP contribution is 2.12. The summed E-state index contributed by atoms with van der Waals surface area (Å²) in [5, 5.41) is 6.88. The third-order valence-corrected chi connectivity index (χ3v) is 2.62. The Morgan fingerprint density at radius 3 is 2.95 bits per heavy atom. The first-order valence-electron chi connectivity index (χ1n) is 6.63. The maximum absolute atomic E-state index is 11.6. The maximum Gasteiger partial charge on any atom is 0.411 e. The molecule has 1 N–H and O–H groups in total. The molecule has 0 bridgehead atoms. The highest BCUT2D eigenvalue weighted by Gasteiger charge is 2.05. The molecule has 5 nitrogen and oxygen atoms in total. The molecule has 0 spiro atoms. The Balaban J connectivity index is 1.94. The van der Waals surface area contributed by atoms with Crippen molar-refractivity contribution in [3.63, 3.8) is 0 Å². The fraction of sp³-hybridized carbons (Fsp3) is 0.333. The van der Waals surface area contributed by atoms with E-state index in [2.05, 4.69) is 10.4 Å². The van der Waals surface area contributed by atoms with E-state index in [9.17, 15) is 4.79 Å². The second-order valence-corrected chi connectivity index (χ2v) is 5.02. The Morgan fingerprint density at radius 2 is 2.25 bits per heavy atom. The number of carbonyl (C=O) groups is 1. The van der Waals surface area contributed by atoms with Crippen LogP contribution in [-0.2, 0) is 11.3 Å². The van der Waals surface area contributed by atoms with E-state index in [4.69, 9.17) is 4.74 Å². The molecular weight excluding hydrogens is 254 g/mol. The molecule has 0 aliphatic rings. The van der Waals surface area contributed by atoms with Crippen LogP contribution in [0.3, 0.4) is 0 Å². The number of nitrogens with one attached hydrogen (secondary N) is 1. The van der Waals surface area contributed by atoms with Crippen molar-refractivity contribution in [2.75, 3.05) is 11.9 Å². The number of hydrogen-bond donors (Lipinski definition) is 1. The smallest absolute Gasteiger partial charge is 0.411 e. The van der Waals surface area contributed by atoms with Crippen LogP contribution in [0.5, 0.6) is 0 Å². The number of carbonyl (C=O) groups excluding carboxylic acids is 1. The molecule has 0 saturated carbocycles. The minimum atomic E-state index is -0.421. The molecule has 0 fully saturated rings. The summed E-state index contributed by atoms with van der Waals surface area (Å²) in [5.74, 6) is 0.326. The van der Waals surface area contributed by atoms with Crippen LogP contribution < -0.4 is 5.32 Å². The molecule has 1 amide bonds. The van der Waals surface area contributed by atoms with Crippen molar-refractivity contribution in [2.45, 2.75) is 20.4 Å². The van der Waals surface area contributed by atoms with Gasteiger partial charge in [-0.1, -0.05) is 26.0 Å². The van der Waals surface area contributed by atoms with Crippen molar-refractivity contribution < 1.29 is 9.53 Å². The first-order chi connectivity index (χ1) is 9.63. The summed E-state index contributed by atoms with van der Waals surface area (Å²) < 4.78 is 6.92. The number of rotatable bonds is 5. The summed E-state index contributed by atoms with van der Waals surface area (Å²) in [4.78, 5) is 11.6. The number of hydrogen-bond acceptors (Lipinski definition) is 3. The Hall–Kier alpha value is -2.30. The molecule has 0 saturated heterocycles. The molecule has 5 heteroatoms. The Labute approximate surface area is 118 Å². The minimum Gasteiger partial charge on any atom is -0.449 e. The lowest BCUT2D eigenvalue weighted by Crippen LogP contribution is -2.16. The molecule has 0 unspecified atom stereocenters. The van der Waals surface area contributed by atoms with Crippen LogP contribution in [0, 0.1) is 5.92 Å². The van der Waals surface area contributed by atoms with Gasteiger partial charge in [0.15, 0.2) is 0 Å². The zero-order valence-corrected chi connectivity index (χ0v) is 11.7. The van der Waals surface area contributed by atoms with Crippen molar-refractivity contribution in [1.29, 1.82) is 0 Å². The van der Waals surface area contributed by atoms with Gasteiger partial charge >= 0.3 is 6.09 Å². The largest absolute Gasteiger partial charge is 0.449 e. The molecule has 106 valence electrons. The molecular formula is C15H19N3O2. The zero-order chi connectivity index (χ0) is 14.4. The number of nitrogens with zero attached hydrogens (tertiary/aromatic N) is 2. The standard InChI is InChI=1S/C15H19N3O2/c1-12(2)11-20-15(19)17-14-6-3-5-13(9-14)10-18-8-4-7-16-18/h3-9,12H,10-11H2,1-2H3,(H,17,19). The number of ether oxygens (including phenoxy) is 1. The van der Waals surface area contributed by atoms with Crippen molar-refractivity contribution in [1.82, 2.24) is 9.78 Å². The molecule has 0 aliphatic heterocycles. The van der Waals surface area contributed by atoms with Gasteiger partial charge < -0.3 is 4.74 Å². The molecule has 2 rings (SSSR count). The normalized spacial score (nSPS) is 10.6. The van der Waals surface area contributed by atoms with Gasteiger partial charge in [-0.25, -0.2) is 4.79 Å². The fourth-order valence-corrected chi connectivity index (χ4v) is 1.72. The van der Waals surface area contributed by atoms with Crippen LogP contribution in [0.2, 0.25) is 0 Å². The van der Waals surface area contributed by atoms with Crippen LogP contribution >= 0.6 is 0 Å². The van der Waals surface area contributed by atoms with Gasteiger partial charge in [0.2, 0.25) is 0 Å². The van der Waals surface area contributed by atoms with E-state index in [0.29, 0.717) is 19.1 Å². The number of aromatic nitrogens is 2. The van der Waals surface area contributed by atoms with Crippen molar-refractivity contribution >= 4 is 11.8 Å². The molecule has 0 atom stereocenters. The predicted octanol–water partition coefficient (Wildman–Crippen LogP) is 3.14. The Bertz CT molecular complexity index is 550. The monoisotopic (exact) mass is 273 g/mol. The molecule has 1 heterocycles. The summed E-state index contributed by atoms with van der Waals surface area (Å²) in [7, 11) is 0. The molecule has 0 aliphatic carbocycles. The van der Waals surface area contributed by atoms with E-state index in [-0.39, 0.29) is 0 Å². The van der Waals surface area contributed by atoms with Gasteiger partial charge in [0, 0.05) is 18.1 Å². The summed E-state index contributed by atoms with van der Waals surface area (Å²) in [6.45, 7) is 5.08. The van der Waals surface area contributed by atoms with Crippen molar-refractivity contribution in [3.8, 4) is 0 Å². The lowest BCUT2D eigenvalue weighted by molar-refractivity contribution is 0.147. The number of amides is 1. The van der Waals surface area contributed by atoms with Crippen molar-refractivity contribution in [3.05, 3.63) is 48.3 Å². The highest BCUT2D eigenvalue weighted by molar-refractivity contribution is 5.84. The Morgan fingerprint density at radius 1 is 1.40 bits per heavy atom. The summed E-state index contributed by atoms with van der Waals surface area (Å²) in [6.07, 6.45) is 3.22. The maximum atomic E-state index is 11.6. The Kier molecular flexibility index (Phi) is 4.76. The fourth-order valence-electron chi connectivity index (χ4n) is 1.72. The van der Waals surface area contributed by atoms with Crippen LogP contribution in [-0.4, -0.2) is 22.5 Å². The van der Waals surface area contributed by atoms with Gasteiger partial charge in [0.25, 0.3) is 0 Å². The lowest BCUT2D eigenvalue weighted by atomic mass is 10.2. The van der Waals surface area contributed by atoms with Gasteiger partial charge in [-0.2, -0.15) is 5.10 Å². The molecule has 20 heavy (non-hydrogen) atoms. The van der Waals surface area contributed by atoms with E-state index in [1.165, 1.54) is 0 Å². The van der Waals surface area contributed by atoms with Crippen molar-refractivity contribution in [2.24, 2.45) is 5.92 Å². The molecule has 1 aromatic heterocycles. The van der Waals surface area contributed by atoms with E-state index in [0.717, 1.165) is 11.3 Å². The number of anilines is 1. The summed E-state index contributed by atoms with van der Waals surface area (Å²) >= 11 is 0. The predicted molar refractivity (Wildman–Crippen MR) is 77.6 cm³/mol. The third kappa shape index (κ3) is 4.42. The third-order valence-electron chi connectivity index (χ3n) is 2.62. The molecule has 2 aromatic rings. The van der Waals surface area contributed by atoms with Gasteiger partial charge in [0.05, 0.1) is 13.2 Å². The van der Waals surface area contributed by atoms with Crippen LogP contribution in [0.4, 0.5) is 10.5 Å². The lowest BCUT2D eigenvalue weighted by Gasteiger charge is -2.10. The average molecular weight is 273 g/mol. The SMILES string of the molecule is CC(C)COC(=O)Nc1cccc(Cn2cccn2)c1. The summed E-state index contributed by atoms with van der Waals surface area (Å²) in [6, 6.07) is 9.52. The molecule has 1 aromatic carbocycles. The van der Waals surface area contributed by atoms with Gasteiger partial charge in [0.1, 0.15) is 0 Å². The van der Waals surface area contributed by atoms with E-state index in [1.54, 1.807) is 6.20 Å². The topological polar surface area (TPSA) is 56.1 Å².